The van der Waals surface area contributed by atoms with Gasteiger partial charge in [0.2, 0.25) is 0 Å². The summed E-state index contributed by atoms with van der Waals surface area (Å²) in [6.45, 7) is 4.19. The van der Waals surface area contributed by atoms with E-state index in [2.05, 4.69) is 10.4 Å². The van der Waals surface area contributed by atoms with Gasteiger partial charge in [-0.25, -0.2) is 0 Å². The van der Waals surface area contributed by atoms with E-state index in [9.17, 15) is 14.4 Å². The van der Waals surface area contributed by atoms with Crippen LogP contribution < -0.4 is 10.9 Å². The monoisotopic (exact) mass is 476 g/mol. The molecule has 0 radical (unpaired) electrons. The second kappa shape index (κ2) is 9.65. The van der Waals surface area contributed by atoms with Gasteiger partial charge in [0.25, 0.3) is 11.5 Å². The van der Waals surface area contributed by atoms with Crippen LogP contribution in [0.4, 0.5) is 0 Å². The number of hydrogen-bond acceptors (Lipinski definition) is 4. The van der Waals surface area contributed by atoms with Crippen LogP contribution in [-0.2, 0) is 13.1 Å². The Morgan fingerprint density at radius 3 is 2.41 bits per heavy atom. The van der Waals surface area contributed by atoms with E-state index in [0.29, 0.717) is 45.0 Å². The summed E-state index contributed by atoms with van der Waals surface area (Å²) in [5.41, 5.74) is 2.38. The maximum atomic E-state index is 13.7. The van der Waals surface area contributed by atoms with Crippen molar-refractivity contribution in [3.63, 3.8) is 0 Å². The van der Waals surface area contributed by atoms with Gasteiger partial charge >= 0.3 is 0 Å². The van der Waals surface area contributed by atoms with Crippen LogP contribution in [0, 0.1) is 0 Å². The normalized spacial score (nSPS) is 11.1. The second-order valence-corrected chi connectivity index (χ2v) is 8.30. The third-order valence-corrected chi connectivity index (χ3v) is 6.03. The molecule has 4 rings (SSSR count). The molecule has 1 amide bonds. The van der Waals surface area contributed by atoms with Gasteiger partial charge in [-0.15, -0.1) is 0 Å². The molecule has 0 atom stereocenters. The summed E-state index contributed by atoms with van der Waals surface area (Å²) in [5, 5.41) is 8.69. The van der Waals surface area contributed by atoms with E-state index >= 15 is 0 Å². The fraction of sp³-hybridized carbons (Fsp3) is 0.231. The number of aromatic nitrogens is 3. The van der Waals surface area contributed by atoms with Crippen molar-refractivity contribution in [2.24, 2.45) is 0 Å². The molecule has 2 heterocycles. The maximum absolute atomic E-state index is 13.7. The average molecular weight is 477 g/mol. The lowest BCUT2D eigenvalue weighted by Gasteiger charge is -2.19. The predicted molar refractivity (Wildman–Crippen MR) is 134 cm³/mol. The van der Waals surface area contributed by atoms with Crippen molar-refractivity contribution in [2.75, 3.05) is 7.05 Å². The van der Waals surface area contributed by atoms with E-state index in [1.54, 1.807) is 42.9 Å². The number of Topliss-reactive ketones (excluding diaryl/α,β-unsaturated/α-hetero) is 1. The number of carbonyl (C=O) groups excluding carboxylic acids is 2. The van der Waals surface area contributed by atoms with Crippen molar-refractivity contribution in [3.8, 4) is 11.1 Å². The number of benzene rings is 2. The number of aryl methyl sites for hydroxylation is 1. The Labute approximate surface area is 202 Å². The molecule has 0 aliphatic carbocycles. The molecule has 0 saturated carbocycles. The number of rotatable bonds is 7. The van der Waals surface area contributed by atoms with Crippen molar-refractivity contribution in [1.29, 1.82) is 0 Å². The lowest BCUT2D eigenvalue weighted by Crippen LogP contribution is -2.28. The standard InChI is InChI=1S/C26H25ClN4O3/c1-4-22(32)24-23(16-9-7-6-8-10-16)20-13-17(27)11-12-19(20)26(34)30(24)15-18-14-21(25(33)28-3)31(5-2)29-18/h6-14H,4-5,15H2,1-3H3,(H,28,33). The van der Waals surface area contributed by atoms with Gasteiger partial charge in [0.1, 0.15) is 5.69 Å². The highest BCUT2D eigenvalue weighted by molar-refractivity contribution is 6.31. The molecule has 2 aromatic heterocycles. The van der Waals surface area contributed by atoms with Crippen LogP contribution in [-0.4, -0.2) is 33.1 Å². The van der Waals surface area contributed by atoms with Crippen LogP contribution in [0.1, 0.15) is 46.9 Å². The molecule has 0 saturated heterocycles. The Hall–Kier alpha value is -3.71. The Kier molecular flexibility index (Phi) is 6.65. The molecule has 8 heteroatoms. The molecule has 2 aromatic carbocycles. The minimum Gasteiger partial charge on any atom is -0.354 e. The zero-order valence-electron chi connectivity index (χ0n) is 19.3. The van der Waals surface area contributed by atoms with E-state index in [-0.39, 0.29) is 30.2 Å². The Morgan fingerprint density at radius 2 is 1.76 bits per heavy atom. The summed E-state index contributed by atoms with van der Waals surface area (Å²) >= 11 is 6.30. The molecule has 0 unspecified atom stereocenters. The van der Waals surface area contributed by atoms with Gasteiger partial charge in [-0.1, -0.05) is 48.9 Å². The molecule has 0 fully saturated rings. The minimum atomic E-state index is -0.310. The fourth-order valence-corrected chi connectivity index (χ4v) is 4.36. The predicted octanol–water partition coefficient (Wildman–Crippen LogP) is 4.54. The zero-order chi connectivity index (χ0) is 24.4. The molecular formula is C26H25ClN4O3. The summed E-state index contributed by atoms with van der Waals surface area (Å²) in [4.78, 5) is 39.3. The van der Waals surface area contributed by atoms with Gasteiger partial charge in [0.05, 0.1) is 17.9 Å². The molecule has 34 heavy (non-hydrogen) atoms. The van der Waals surface area contributed by atoms with Gasteiger partial charge < -0.3 is 5.32 Å². The minimum absolute atomic E-state index is 0.0509. The summed E-state index contributed by atoms with van der Waals surface area (Å²) in [6, 6.07) is 16.2. The van der Waals surface area contributed by atoms with Crippen molar-refractivity contribution < 1.29 is 9.59 Å². The number of nitrogens with zero attached hydrogens (tertiary/aromatic N) is 3. The van der Waals surface area contributed by atoms with Gasteiger partial charge in [-0.3, -0.25) is 23.6 Å². The molecular weight excluding hydrogens is 452 g/mol. The van der Waals surface area contributed by atoms with Crippen LogP contribution >= 0.6 is 11.6 Å². The summed E-state index contributed by atoms with van der Waals surface area (Å²) < 4.78 is 3.06. The van der Waals surface area contributed by atoms with E-state index in [1.165, 1.54) is 4.57 Å². The van der Waals surface area contributed by atoms with Gasteiger partial charge in [-0.2, -0.15) is 5.10 Å². The summed E-state index contributed by atoms with van der Waals surface area (Å²) in [6.07, 6.45) is 0.220. The number of fused-ring (bicyclic) bond motifs is 1. The Bertz CT molecular complexity index is 1450. The van der Waals surface area contributed by atoms with Gasteiger partial charge in [-0.05, 0) is 42.1 Å². The van der Waals surface area contributed by atoms with Crippen molar-refractivity contribution >= 4 is 34.1 Å². The first-order chi connectivity index (χ1) is 16.4. The van der Waals surface area contributed by atoms with Gasteiger partial charge in [0, 0.05) is 36.0 Å². The quantitative estimate of drug-likeness (QED) is 0.397. The van der Waals surface area contributed by atoms with E-state index < -0.39 is 0 Å². The number of carbonyl (C=O) groups is 2. The third kappa shape index (κ3) is 4.15. The fourth-order valence-electron chi connectivity index (χ4n) is 4.19. The van der Waals surface area contributed by atoms with Gasteiger partial charge in [0.15, 0.2) is 5.78 Å². The van der Waals surface area contributed by atoms with E-state index in [4.69, 9.17) is 11.6 Å². The number of ketones is 1. The largest absolute Gasteiger partial charge is 0.354 e. The number of hydrogen-bond donors (Lipinski definition) is 1. The smallest absolute Gasteiger partial charge is 0.269 e. The molecule has 0 bridgehead atoms. The van der Waals surface area contributed by atoms with Crippen LogP contribution in [0.2, 0.25) is 5.02 Å². The van der Waals surface area contributed by atoms with E-state index in [0.717, 1.165) is 5.56 Å². The molecule has 0 aliphatic heterocycles. The third-order valence-electron chi connectivity index (χ3n) is 5.79. The summed E-state index contributed by atoms with van der Waals surface area (Å²) in [5.74, 6) is -0.435. The zero-order valence-corrected chi connectivity index (χ0v) is 20.0. The molecule has 174 valence electrons. The molecule has 4 aromatic rings. The van der Waals surface area contributed by atoms with E-state index in [1.807, 2.05) is 37.3 Å². The first-order valence-corrected chi connectivity index (χ1v) is 11.5. The topological polar surface area (TPSA) is 86.0 Å². The number of pyridine rings is 1. The van der Waals surface area contributed by atoms with Crippen molar-refractivity contribution in [1.82, 2.24) is 19.7 Å². The number of amides is 1. The lowest BCUT2D eigenvalue weighted by atomic mass is 9.94. The second-order valence-electron chi connectivity index (χ2n) is 7.86. The molecule has 0 aliphatic rings. The first-order valence-electron chi connectivity index (χ1n) is 11.1. The first kappa shape index (κ1) is 23.4. The molecule has 1 N–H and O–H groups in total. The van der Waals surface area contributed by atoms with Crippen LogP contribution in [0.5, 0.6) is 0 Å². The highest BCUT2D eigenvalue weighted by Gasteiger charge is 2.24. The van der Waals surface area contributed by atoms with Crippen LogP contribution in [0.15, 0.2) is 59.4 Å². The highest BCUT2D eigenvalue weighted by Crippen LogP contribution is 2.33. The van der Waals surface area contributed by atoms with Crippen LogP contribution in [0.25, 0.3) is 21.9 Å². The molecule has 7 nitrogen and oxygen atoms in total. The van der Waals surface area contributed by atoms with Crippen LogP contribution in [0.3, 0.4) is 0 Å². The number of nitrogens with one attached hydrogen (secondary N) is 1. The lowest BCUT2D eigenvalue weighted by molar-refractivity contribution is 0.0950. The van der Waals surface area contributed by atoms with Crippen molar-refractivity contribution in [2.45, 2.75) is 33.4 Å². The maximum Gasteiger partial charge on any atom is 0.269 e. The average Bonchev–Trinajstić information content (AvgIpc) is 3.27. The number of halogens is 1. The summed E-state index contributed by atoms with van der Waals surface area (Å²) in [7, 11) is 1.55. The Morgan fingerprint density at radius 1 is 1.03 bits per heavy atom. The SMILES string of the molecule is CCC(=O)c1c(-c2ccccc2)c2cc(Cl)ccc2c(=O)n1Cc1cc(C(=O)NC)n(CC)n1. The van der Waals surface area contributed by atoms with Crippen molar-refractivity contribution in [3.05, 3.63) is 87.1 Å². The highest BCUT2D eigenvalue weighted by atomic mass is 35.5. The Balaban J connectivity index is 2.05. The molecule has 0 spiro atoms.